The molecule has 0 aliphatic heterocycles. The molecule has 0 amide bonds. The molecule has 0 saturated heterocycles. The zero-order valence-corrected chi connectivity index (χ0v) is 18.6. The maximum atomic E-state index is 13.8. The summed E-state index contributed by atoms with van der Waals surface area (Å²) in [5.41, 5.74) is 3.63. The first kappa shape index (κ1) is 20.6. The van der Waals surface area contributed by atoms with E-state index in [1.807, 2.05) is 91.7 Å². The highest BCUT2D eigenvalue weighted by Gasteiger charge is 2.21. The predicted octanol–water partition coefficient (Wildman–Crippen LogP) is 5.51. The Bertz CT molecular complexity index is 1410. The lowest BCUT2D eigenvalue weighted by molar-refractivity contribution is 0.620. The first-order valence-electron chi connectivity index (χ1n) is 10.9. The minimum Gasteiger partial charge on any atom is -0.329 e. The van der Waals surface area contributed by atoms with Gasteiger partial charge in [-0.2, -0.15) is 0 Å². The molecule has 0 atom stereocenters. The molecule has 0 spiro atoms. The summed E-state index contributed by atoms with van der Waals surface area (Å²) < 4.78 is 1.80. The molecule has 0 bridgehead atoms. The van der Waals surface area contributed by atoms with E-state index in [2.05, 4.69) is 29.2 Å². The largest absolute Gasteiger partial charge is 0.329 e. The first-order chi connectivity index (χ1) is 16.1. The maximum Gasteiger partial charge on any atom is 0.262 e. The van der Waals surface area contributed by atoms with Gasteiger partial charge in [0.15, 0.2) is 0 Å². The van der Waals surface area contributed by atoms with Crippen molar-refractivity contribution in [3.63, 3.8) is 0 Å². The van der Waals surface area contributed by atoms with Crippen molar-refractivity contribution in [2.75, 3.05) is 11.9 Å². The first-order valence-corrected chi connectivity index (χ1v) is 10.9. The minimum absolute atomic E-state index is 0.0535. The van der Waals surface area contributed by atoms with E-state index in [1.165, 1.54) is 0 Å². The quantitative estimate of drug-likeness (QED) is 0.368. The molecule has 0 fully saturated rings. The van der Waals surface area contributed by atoms with E-state index in [0.717, 1.165) is 22.6 Å². The summed E-state index contributed by atoms with van der Waals surface area (Å²) in [5.74, 6) is 1.50. The van der Waals surface area contributed by atoms with Crippen LogP contribution < -0.4 is 10.5 Å². The summed E-state index contributed by atoms with van der Waals surface area (Å²) >= 11 is 0. The van der Waals surface area contributed by atoms with E-state index in [1.54, 1.807) is 10.8 Å². The van der Waals surface area contributed by atoms with Crippen LogP contribution in [0, 0.1) is 6.92 Å². The Balaban J connectivity index is 1.67. The molecule has 0 unspecified atom stereocenters. The van der Waals surface area contributed by atoms with Crippen molar-refractivity contribution in [1.29, 1.82) is 0 Å². The number of rotatable bonds is 5. The molecule has 162 valence electrons. The smallest absolute Gasteiger partial charge is 0.262 e. The Morgan fingerprint density at radius 1 is 0.818 bits per heavy atom. The highest BCUT2D eigenvalue weighted by Crippen LogP contribution is 2.28. The van der Waals surface area contributed by atoms with E-state index >= 15 is 0 Å². The summed E-state index contributed by atoms with van der Waals surface area (Å²) in [6, 6.07) is 31.5. The van der Waals surface area contributed by atoms with Gasteiger partial charge in [0.2, 0.25) is 0 Å². The van der Waals surface area contributed by atoms with Gasteiger partial charge in [-0.15, -0.1) is 0 Å². The van der Waals surface area contributed by atoms with Gasteiger partial charge in [-0.25, -0.2) is 9.97 Å². The third-order valence-corrected chi connectivity index (χ3v) is 5.93. The Kier molecular flexibility index (Phi) is 5.45. The number of nitrogens with zero attached hydrogens (tertiary/aromatic N) is 4. The molecule has 0 N–H and O–H groups in total. The molecule has 0 radical (unpaired) electrons. The summed E-state index contributed by atoms with van der Waals surface area (Å²) in [7, 11) is 1.96. The van der Waals surface area contributed by atoms with Gasteiger partial charge in [0.1, 0.15) is 11.6 Å². The third-order valence-electron chi connectivity index (χ3n) is 5.93. The minimum atomic E-state index is -0.257. The lowest BCUT2D eigenvalue weighted by Crippen LogP contribution is -2.29. The molecule has 0 aliphatic rings. The van der Waals surface area contributed by atoms with Crippen LogP contribution in [0.4, 0.5) is 11.5 Å². The number of hydrogen-bond acceptors (Lipinski definition) is 4. The molecular formula is C28H24N4O. The number of benzene rings is 3. The van der Waals surface area contributed by atoms with E-state index in [4.69, 9.17) is 4.98 Å². The van der Waals surface area contributed by atoms with Crippen molar-refractivity contribution in [2.24, 2.45) is 0 Å². The SMILES string of the molecule is Cc1nc2cc(N(C)c3ccccn3)ccc2c(=O)n1C(c1ccccc1)c1ccccc1. The molecule has 33 heavy (non-hydrogen) atoms. The Hall–Kier alpha value is -4.25. The second-order valence-electron chi connectivity index (χ2n) is 8.01. The summed E-state index contributed by atoms with van der Waals surface area (Å²) in [5, 5.41) is 0.593. The third kappa shape index (κ3) is 3.89. The predicted molar refractivity (Wildman–Crippen MR) is 133 cm³/mol. The van der Waals surface area contributed by atoms with Crippen molar-refractivity contribution in [3.8, 4) is 0 Å². The fraction of sp³-hybridized carbons (Fsp3) is 0.107. The van der Waals surface area contributed by atoms with Crippen LogP contribution >= 0.6 is 0 Å². The fourth-order valence-electron chi connectivity index (χ4n) is 4.26. The van der Waals surface area contributed by atoms with Crippen LogP contribution in [0.5, 0.6) is 0 Å². The number of anilines is 2. The van der Waals surface area contributed by atoms with Crippen LogP contribution in [0.2, 0.25) is 0 Å². The van der Waals surface area contributed by atoms with Crippen molar-refractivity contribution in [3.05, 3.63) is 131 Å². The van der Waals surface area contributed by atoms with E-state index in [-0.39, 0.29) is 11.6 Å². The van der Waals surface area contributed by atoms with Crippen LogP contribution in [0.1, 0.15) is 23.0 Å². The van der Waals surface area contributed by atoms with E-state index in [9.17, 15) is 4.79 Å². The van der Waals surface area contributed by atoms with Gasteiger partial charge in [-0.3, -0.25) is 9.36 Å². The molecule has 5 aromatic rings. The average molecular weight is 433 g/mol. The second kappa shape index (κ2) is 8.71. The molecule has 5 rings (SSSR count). The van der Waals surface area contributed by atoms with Crippen LogP contribution in [0.3, 0.4) is 0 Å². The molecule has 2 heterocycles. The van der Waals surface area contributed by atoms with Crippen LogP contribution in [0.15, 0.2) is 108 Å². The molecule has 3 aromatic carbocycles. The maximum absolute atomic E-state index is 13.8. The van der Waals surface area contributed by atoms with Crippen LogP contribution in [-0.4, -0.2) is 21.6 Å². The highest BCUT2D eigenvalue weighted by molar-refractivity contribution is 5.83. The Labute approximate surface area is 192 Å². The monoisotopic (exact) mass is 432 g/mol. The molecule has 5 nitrogen and oxygen atoms in total. The molecule has 0 aliphatic carbocycles. The Morgan fingerprint density at radius 2 is 1.45 bits per heavy atom. The fourth-order valence-corrected chi connectivity index (χ4v) is 4.26. The number of fused-ring (bicyclic) bond motifs is 1. The summed E-state index contributed by atoms with van der Waals surface area (Å²) in [4.78, 5) is 25.0. The Morgan fingerprint density at radius 3 is 2.06 bits per heavy atom. The number of aromatic nitrogens is 3. The second-order valence-corrected chi connectivity index (χ2v) is 8.01. The lowest BCUT2D eigenvalue weighted by atomic mass is 9.98. The van der Waals surface area contributed by atoms with E-state index in [0.29, 0.717) is 16.7 Å². The van der Waals surface area contributed by atoms with Gasteiger partial charge < -0.3 is 4.90 Å². The van der Waals surface area contributed by atoms with Gasteiger partial charge in [0.05, 0.1) is 16.9 Å². The van der Waals surface area contributed by atoms with Crippen molar-refractivity contribution in [1.82, 2.24) is 14.5 Å². The van der Waals surface area contributed by atoms with E-state index < -0.39 is 0 Å². The normalized spacial score (nSPS) is 11.1. The highest BCUT2D eigenvalue weighted by atomic mass is 16.1. The summed E-state index contributed by atoms with van der Waals surface area (Å²) in [6.07, 6.45) is 1.77. The lowest BCUT2D eigenvalue weighted by Gasteiger charge is -2.24. The van der Waals surface area contributed by atoms with Gasteiger partial charge in [0.25, 0.3) is 5.56 Å². The summed E-state index contributed by atoms with van der Waals surface area (Å²) in [6.45, 7) is 1.90. The average Bonchev–Trinajstić information content (AvgIpc) is 2.87. The molecular weight excluding hydrogens is 408 g/mol. The van der Waals surface area contributed by atoms with Gasteiger partial charge in [0, 0.05) is 18.9 Å². The molecule has 0 saturated carbocycles. The number of hydrogen-bond donors (Lipinski definition) is 0. The van der Waals surface area contributed by atoms with Crippen molar-refractivity contribution >= 4 is 22.4 Å². The van der Waals surface area contributed by atoms with Crippen molar-refractivity contribution in [2.45, 2.75) is 13.0 Å². The zero-order valence-electron chi connectivity index (χ0n) is 18.6. The van der Waals surface area contributed by atoms with Gasteiger partial charge in [-0.1, -0.05) is 66.7 Å². The molecule has 2 aromatic heterocycles. The standard InChI is InChI=1S/C28H24N4O/c1-20-30-25-19-23(31(2)26-15-9-10-18-29-26)16-17-24(25)28(33)32(20)27(21-11-5-3-6-12-21)22-13-7-4-8-14-22/h3-19,27H,1-2H3. The topological polar surface area (TPSA) is 51.0 Å². The van der Waals surface area contributed by atoms with Gasteiger partial charge >= 0.3 is 0 Å². The van der Waals surface area contributed by atoms with Crippen molar-refractivity contribution < 1.29 is 0 Å². The zero-order chi connectivity index (χ0) is 22.8. The number of aryl methyl sites for hydroxylation is 1. The van der Waals surface area contributed by atoms with Crippen LogP contribution in [-0.2, 0) is 0 Å². The molecule has 5 heteroatoms. The number of pyridine rings is 1. The van der Waals surface area contributed by atoms with Crippen LogP contribution in [0.25, 0.3) is 10.9 Å². The van der Waals surface area contributed by atoms with Gasteiger partial charge in [-0.05, 0) is 48.4 Å².